The van der Waals surface area contributed by atoms with Crippen LogP contribution >= 0.6 is 0 Å². The molecule has 0 aliphatic heterocycles. The summed E-state index contributed by atoms with van der Waals surface area (Å²) >= 11 is 0. The van der Waals surface area contributed by atoms with Crippen LogP contribution in [0.5, 0.6) is 0 Å². The van der Waals surface area contributed by atoms with Crippen LogP contribution in [-0.2, 0) is 21.2 Å². The van der Waals surface area contributed by atoms with Gasteiger partial charge in [-0.3, -0.25) is 9.78 Å². The summed E-state index contributed by atoms with van der Waals surface area (Å²) < 4.78 is 51.1. The van der Waals surface area contributed by atoms with E-state index in [1.54, 1.807) is 0 Å². The molecule has 0 saturated heterocycles. The molecule has 0 radical (unpaired) electrons. The van der Waals surface area contributed by atoms with Crippen molar-refractivity contribution in [2.45, 2.75) is 62.8 Å². The van der Waals surface area contributed by atoms with Crippen molar-refractivity contribution in [2.24, 2.45) is 11.8 Å². The average molecular weight is 426 g/mol. The molecule has 3 saturated carbocycles. The molecule has 29 heavy (non-hydrogen) atoms. The summed E-state index contributed by atoms with van der Waals surface area (Å²) in [4.78, 5) is 21.1. The SMILES string of the molecule is CC(F)(F)c1ncc(C(=O)N[C@H](/C=C/S(C)(=O)=O)C2CC2)nc1[C@]12CCC[C@H]1C2. The average Bonchev–Trinajstić information content (AvgIpc) is 3.55. The summed E-state index contributed by atoms with van der Waals surface area (Å²) in [6.45, 7) is 0.808. The molecule has 6 nitrogen and oxygen atoms in total. The lowest BCUT2D eigenvalue weighted by molar-refractivity contribution is 0.0104. The Morgan fingerprint density at radius 3 is 2.62 bits per heavy atom. The van der Waals surface area contributed by atoms with Crippen LogP contribution in [0.25, 0.3) is 0 Å². The highest BCUT2D eigenvalue weighted by Gasteiger charge is 2.61. The van der Waals surface area contributed by atoms with Gasteiger partial charge in [0.2, 0.25) is 0 Å². The fraction of sp³-hybridized carbons (Fsp3) is 0.650. The van der Waals surface area contributed by atoms with E-state index in [-0.39, 0.29) is 28.4 Å². The van der Waals surface area contributed by atoms with Crippen LogP contribution < -0.4 is 5.32 Å². The number of nitrogens with one attached hydrogen (secondary N) is 1. The molecule has 3 atom stereocenters. The maximum Gasteiger partial charge on any atom is 0.288 e. The van der Waals surface area contributed by atoms with E-state index in [2.05, 4.69) is 15.3 Å². The highest BCUT2D eigenvalue weighted by Crippen LogP contribution is 2.65. The van der Waals surface area contributed by atoms with Crippen LogP contribution in [0.4, 0.5) is 8.78 Å². The Morgan fingerprint density at radius 1 is 1.38 bits per heavy atom. The molecule has 3 fully saturated rings. The predicted molar refractivity (Wildman–Crippen MR) is 103 cm³/mol. The number of rotatable bonds is 7. The molecule has 3 aliphatic rings. The van der Waals surface area contributed by atoms with Crippen LogP contribution in [0.3, 0.4) is 0 Å². The quantitative estimate of drug-likeness (QED) is 0.725. The first kappa shape index (κ1) is 20.4. The third kappa shape index (κ3) is 4.20. The minimum atomic E-state index is -3.31. The van der Waals surface area contributed by atoms with Gasteiger partial charge in [0.25, 0.3) is 11.8 Å². The van der Waals surface area contributed by atoms with Crippen LogP contribution in [0.1, 0.15) is 67.3 Å². The zero-order chi connectivity index (χ0) is 21.0. The molecule has 0 unspecified atom stereocenters. The number of hydrogen-bond acceptors (Lipinski definition) is 5. The van der Waals surface area contributed by atoms with E-state index in [0.717, 1.165) is 63.3 Å². The lowest BCUT2D eigenvalue weighted by Crippen LogP contribution is -2.36. The number of hydrogen-bond donors (Lipinski definition) is 1. The Kier molecular flexibility index (Phi) is 4.79. The number of carbonyl (C=O) groups is 1. The van der Waals surface area contributed by atoms with Gasteiger partial charge in [-0.25, -0.2) is 13.4 Å². The zero-order valence-corrected chi connectivity index (χ0v) is 17.3. The lowest BCUT2D eigenvalue weighted by Gasteiger charge is -2.21. The maximum absolute atomic E-state index is 14.2. The molecule has 158 valence electrons. The first-order valence-corrected chi connectivity index (χ1v) is 11.9. The largest absolute Gasteiger partial charge is 0.344 e. The van der Waals surface area contributed by atoms with E-state index in [1.807, 2.05) is 0 Å². The van der Waals surface area contributed by atoms with E-state index in [0.29, 0.717) is 5.92 Å². The number of aromatic nitrogens is 2. The second kappa shape index (κ2) is 6.82. The Hall–Kier alpha value is -1.90. The van der Waals surface area contributed by atoms with Crippen molar-refractivity contribution in [3.8, 4) is 0 Å². The maximum atomic E-state index is 14.2. The van der Waals surface area contributed by atoms with Crippen molar-refractivity contribution in [3.63, 3.8) is 0 Å². The van der Waals surface area contributed by atoms with Crippen molar-refractivity contribution in [1.82, 2.24) is 15.3 Å². The smallest absolute Gasteiger partial charge is 0.288 e. The van der Waals surface area contributed by atoms with Gasteiger partial charge in [0.05, 0.1) is 17.9 Å². The Labute approximate surface area is 169 Å². The van der Waals surface area contributed by atoms with Crippen molar-refractivity contribution in [2.75, 3.05) is 6.26 Å². The number of amides is 1. The van der Waals surface area contributed by atoms with Crippen LogP contribution in [-0.4, -0.2) is 36.6 Å². The van der Waals surface area contributed by atoms with Gasteiger partial charge in [-0.1, -0.05) is 12.5 Å². The second-order valence-electron chi connectivity index (χ2n) is 8.78. The van der Waals surface area contributed by atoms with E-state index in [4.69, 9.17) is 0 Å². The molecular formula is C20H25F2N3O3S. The molecular weight excluding hydrogens is 400 g/mol. The van der Waals surface area contributed by atoms with Crippen molar-refractivity contribution >= 4 is 15.7 Å². The lowest BCUT2D eigenvalue weighted by atomic mass is 9.95. The van der Waals surface area contributed by atoms with Gasteiger partial charge in [-0.2, -0.15) is 8.78 Å². The summed E-state index contributed by atoms with van der Waals surface area (Å²) in [6.07, 6.45) is 9.01. The van der Waals surface area contributed by atoms with Crippen LogP contribution in [0.15, 0.2) is 17.7 Å². The first-order chi connectivity index (χ1) is 13.5. The molecule has 0 bridgehead atoms. The van der Waals surface area contributed by atoms with E-state index < -0.39 is 27.7 Å². The fourth-order valence-corrected chi connectivity index (χ4v) is 4.99. The van der Waals surface area contributed by atoms with E-state index >= 15 is 0 Å². The minimum Gasteiger partial charge on any atom is -0.344 e. The standard InChI is InChI=1S/C20H25F2N3O3S/c1-19(21,22)16-17(20-8-3-4-13(20)10-20)24-15(11-23-16)18(26)25-14(12-5-6-12)7-9-29(2,27)28/h7,9,11-14H,3-6,8,10H2,1-2H3,(H,25,26)/b9-7+/t13-,14+,20-/m0/s1. The highest BCUT2D eigenvalue weighted by molar-refractivity contribution is 7.93. The number of nitrogens with zero attached hydrogens (tertiary/aromatic N) is 2. The molecule has 1 heterocycles. The number of carbonyl (C=O) groups excluding carboxylic acids is 1. The van der Waals surface area contributed by atoms with Gasteiger partial charge in [-0.05, 0) is 43.9 Å². The predicted octanol–water partition coefficient (Wildman–Crippen LogP) is 3.10. The normalized spacial score (nSPS) is 27.7. The topological polar surface area (TPSA) is 89.0 Å². The second-order valence-corrected chi connectivity index (χ2v) is 10.7. The molecule has 0 spiro atoms. The summed E-state index contributed by atoms with van der Waals surface area (Å²) in [5.74, 6) is -3.14. The number of sulfone groups is 1. The van der Waals surface area contributed by atoms with Crippen molar-refractivity contribution in [1.29, 1.82) is 0 Å². The number of fused-ring (bicyclic) bond motifs is 1. The number of halogens is 2. The summed E-state index contributed by atoms with van der Waals surface area (Å²) in [6, 6.07) is -0.437. The molecule has 3 aliphatic carbocycles. The van der Waals surface area contributed by atoms with E-state index in [1.165, 1.54) is 6.08 Å². The molecule has 1 aromatic heterocycles. The Morgan fingerprint density at radius 2 is 2.10 bits per heavy atom. The van der Waals surface area contributed by atoms with E-state index in [9.17, 15) is 22.0 Å². The van der Waals surface area contributed by atoms with Gasteiger partial charge in [-0.15, -0.1) is 0 Å². The highest BCUT2D eigenvalue weighted by atomic mass is 32.2. The Balaban J connectivity index is 1.61. The summed E-state index contributed by atoms with van der Waals surface area (Å²) in [5.41, 5.74) is -0.452. The third-order valence-electron chi connectivity index (χ3n) is 6.26. The third-order valence-corrected chi connectivity index (χ3v) is 6.91. The minimum absolute atomic E-state index is 0.00155. The van der Waals surface area contributed by atoms with Gasteiger partial charge in [0.15, 0.2) is 9.84 Å². The molecule has 1 aromatic rings. The van der Waals surface area contributed by atoms with Crippen LogP contribution in [0.2, 0.25) is 0 Å². The molecule has 9 heteroatoms. The number of alkyl halides is 2. The van der Waals surface area contributed by atoms with Crippen molar-refractivity contribution < 1.29 is 22.0 Å². The monoisotopic (exact) mass is 425 g/mol. The van der Waals surface area contributed by atoms with Gasteiger partial charge in [0, 0.05) is 24.0 Å². The summed E-state index contributed by atoms with van der Waals surface area (Å²) in [7, 11) is -3.31. The molecule has 1 amide bonds. The zero-order valence-electron chi connectivity index (χ0n) is 16.5. The summed E-state index contributed by atoms with van der Waals surface area (Å²) in [5, 5.41) is 3.87. The van der Waals surface area contributed by atoms with Gasteiger partial charge in [0.1, 0.15) is 11.4 Å². The molecule has 0 aromatic carbocycles. The van der Waals surface area contributed by atoms with Gasteiger partial charge >= 0.3 is 0 Å². The molecule has 4 rings (SSSR count). The van der Waals surface area contributed by atoms with Crippen LogP contribution in [0, 0.1) is 11.8 Å². The van der Waals surface area contributed by atoms with Crippen molar-refractivity contribution in [3.05, 3.63) is 34.8 Å². The first-order valence-electron chi connectivity index (χ1n) is 9.94. The van der Waals surface area contributed by atoms with Gasteiger partial charge < -0.3 is 5.32 Å². The Bertz CT molecular complexity index is 970. The fourth-order valence-electron chi connectivity index (χ4n) is 4.54. The molecule has 1 N–H and O–H groups in total.